The summed E-state index contributed by atoms with van der Waals surface area (Å²) >= 11 is 0. The fourth-order valence-electron chi connectivity index (χ4n) is 2.92. The lowest BCUT2D eigenvalue weighted by molar-refractivity contribution is -0.134. The number of nitrogens with zero attached hydrogens (tertiary/aromatic N) is 1. The van der Waals surface area contributed by atoms with Gasteiger partial charge in [-0.05, 0) is 30.7 Å². The average Bonchev–Trinajstić information content (AvgIpc) is 2.64. The topological polar surface area (TPSA) is 49.4 Å². The van der Waals surface area contributed by atoms with Crippen LogP contribution in [0.15, 0.2) is 42.5 Å². The minimum atomic E-state index is -0.429. The van der Waals surface area contributed by atoms with Crippen molar-refractivity contribution < 1.29 is 14.0 Å². The van der Waals surface area contributed by atoms with Crippen LogP contribution in [0.3, 0.4) is 0 Å². The van der Waals surface area contributed by atoms with Gasteiger partial charge in [0.05, 0.1) is 6.04 Å². The molecule has 4 nitrogen and oxygen atoms in total. The number of nitrogens with one attached hydrogen (secondary N) is 1. The minimum Gasteiger partial charge on any atom is -0.324 e. The van der Waals surface area contributed by atoms with Gasteiger partial charge in [-0.3, -0.25) is 9.59 Å². The number of rotatable bonds is 1. The highest BCUT2D eigenvalue weighted by molar-refractivity contribution is 5.96. The Kier molecular flexibility index (Phi) is 3.86. The van der Waals surface area contributed by atoms with Gasteiger partial charge in [-0.2, -0.15) is 0 Å². The molecule has 1 atom stereocenters. The summed E-state index contributed by atoms with van der Waals surface area (Å²) < 4.78 is 13.3. The zero-order valence-electron chi connectivity index (χ0n) is 13.0. The Bertz CT molecular complexity index is 771. The number of halogens is 1. The van der Waals surface area contributed by atoms with E-state index in [1.165, 1.54) is 24.0 Å². The van der Waals surface area contributed by atoms with Crippen molar-refractivity contribution in [1.82, 2.24) is 4.90 Å². The molecule has 2 aromatic rings. The molecule has 1 heterocycles. The molecule has 2 aromatic carbocycles. The van der Waals surface area contributed by atoms with E-state index < -0.39 is 6.04 Å². The fourth-order valence-corrected chi connectivity index (χ4v) is 2.92. The zero-order valence-corrected chi connectivity index (χ0v) is 13.0. The van der Waals surface area contributed by atoms with Gasteiger partial charge in [0.2, 0.25) is 11.8 Å². The first-order valence-corrected chi connectivity index (χ1v) is 7.39. The van der Waals surface area contributed by atoms with E-state index in [1.54, 1.807) is 12.1 Å². The molecule has 1 N–H and O–H groups in total. The molecule has 0 aromatic heterocycles. The third-order valence-electron chi connectivity index (χ3n) is 3.99. The second-order valence-electron chi connectivity index (χ2n) is 5.74. The number of carbonyl (C=O) groups is 2. The van der Waals surface area contributed by atoms with Gasteiger partial charge in [-0.15, -0.1) is 0 Å². The molecule has 0 unspecified atom stereocenters. The van der Waals surface area contributed by atoms with Crippen LogP contribution in [0.2, 0.25) is 0 Å². The first kappa shape index (κ1) is 15.2. The SMILES string of the molecule is CC(=O)N1CC(=O)Nc2ccc(C)cc2[C@@H]1c1ccc(F)cc1. The molecule has 1 aliphatic heterocycles. The number of hydrogen-bond acceptors (Lipinski definition) is 2. The van der Waals surface area contributed by atoms with Gasteiger partial charge in [0.1, 0.15) is 12.4 Å². The first-order valence-electron chi connectivity index (χ1n) is 7.39. The van der Waals surface area contributed by atoms with Gasteiger partial charge in [-0.25, -0.2) is 4.39 Å². The van der Waals surface area contributed by atoms with Crippen molar-refractivity contribution in [2.24, 2.45) is 0 Å². The molecule has 118 valence electrons. The molecule has 0 aliphatic carbocycles. The van der Waals surface area contributed by atoms with Gasteiger partial charge < -0.3 is 10.2 Å². The van der Waals surface area contributed by atoms with Crippen LogP contribution in [0.25, 0.3) is 0 Å². The van der Waals surface area contributed by atoms with Crippen LogP contribution in [0, 0.1) is 12.7 Å². The van der Waals surface area contributed by atoms with Crippen molar-refractivity contribution in [3.8, 4) is 0 Å². The maximum Gasteiger partial charge on any atom is 0.244 e. The highest BCUT2D eigenvalue weighted by Gasteiger charge is 2.31. The Labute approximate surface area is 133 Å². The third kappa shape index (κ3) is 2.95. The van der Waals surface area contributed by atoms with Crippen LogP contribution >= 0.6 is 0 Å². The van der Waals surface area contributed by atoms with E-state index in [-0.39, 0.29) is 24.2 Å². The molecule has 0 saturated heterocycles. The molecule has 0 radical (unpaired) electrons. The normalized spacial score (nSPS) is 17.3. The summed E-state index contributed by atoms with van der Waals surface area (Å²) in [5, 5.41) is 2.84. The Morgan fingerprint density at radius 1 is 1.22 bits per heavy atom. The lowest BCUT2D eigenvalue weighted by Gasteiger charge is -2.29. The van der Waals surface area contributed by atoms with E-state index in [1.807, 2.05) is 25.1 Å². The van der Waals surface area contributed by atoms with Crippen molar-refractivity contribution in [1.29, 1.82) is 0 Å². The van der Waals surface area contributed by atoms with E-state index in [2.05, 4.69) is 5.32 Å². The maximum atomic E-state index is 13.3. The summed E-state index contributed by atoms with van der Waals surface area (Å²) in [6.07, 6.45) is 0. The van der Waals surface area contributed by atoms with E-state index >= 15 is 0 Å². The van der Waals surface area contributed by atoms with Gasteiger partial charge in [0, 0.05) is 18.2 Å². The van der Waals surface area contributed by atoms with E-state index in [0.717, 1.165) is 16.7 Å². The van der Waals surface area contributed by atoms with Crippen molar-refractivity contribution in [3.05, 3.63) is 65.0 Å². The number of hydrogen-bond donors (Lipinski definition) is 1. The maximum absolute atomic E-state index is 13.3. The molecule has 0 fully saturated rings. The fraction of sp³-hybridized carbons (Fsp3) is 0.222. The third-order valence-corrected chi connectivity index (χ3v) is 3.99. The Hall–Kier alpha value is -2.69. The van der Waals surface area contributed by atoms with Gasteiger partial charge in [0.15, 0.2) is 0 Å². The minimum absolute atomic E-state index is 0.0366. The van der Waals surface area contributed by atoms with Gasteiger partial charge in [-0.1, -0.05) is 29.8 Å². The van der Waals surface area contributed by atoms with E-state index in [4.69, 9.17) is 0 Å². The van der Waals surface area contributed by atoms with Crippen LogP contribution in [0.1, 0.15) is 29.7 Å². The zero-order chi connectivity index (χ0) is 16.6. The molecular formula is C18H17FN2O2. The number of aryl methyl sites for hydroxylation is 1. The Morgan fingerprint density at radius 2 is 1.91 bits per heavy atom. The molecule has 0 saturated carbocycles. The number of anilines is 1. The number of amides is 2. The number of fused-ring (bicyclic) bond motifs is 1. The van der Waals surface area contributed by atoms with Crippen LogP contribution in [-0.4, -0.2) is 23.3 Å². The lowest BCUT2D eigenvalue weighted by Crippen LogP contribution is -2.37. The predicted molar refractivity (Wildman–Crippen MR) is 85.4 cm³/mol. The highest BCUT2D eigenvalue weighted by Crippen LogP contribution is 2.36. The van der Waals surface area contributed by atoms with E-state index in [0.29, 0.717) is 5.69 Å². The van der Waals surface area contributed by atoms with Gasteiger partial charge in [0.25, 0.3) is 0 Å². The Balaban J connectivity index is 2.21. The predicted octanol–water partition coefficient (Wildman–Crippen LogP) is 3.02. The summed E-state index contributed by atoms with van der Waals surface area (Å²) in [6, 6.07) is 11.3. The average molecular weight is 312 g/mol. The van der Waals surface area contributed by atoms with Crippen molar-refractivity contribution in [3.63, 3.8) is 0 Å². The quantitative estimate of drug-likeness (QED) is 0.880. The molecule has 5 heteroatoms. The van der Waals surface area contributed by atoms with Crippen LogP contribution in [0.5, 0.6) is 0 Å². The second kappa shape index (κ2) is 5.83. The molecular weight excluding hydrogens is 295 g/mol. The molecule has 1 aliphatic rings. The largest absolute Gasteiger partial charge is 0.324 e. The molecule has 23 heavy (non-hydrogen) atoms. The van der Waals surface area contributed by atoms with Crippen LogP contribution in [0.4, 0.5) is 10.1 Å². The molecule has 0 bridgehead atoms. The monoisotopic (exact) mass is 312 g/mol. The van der Waals surface area contributed by atoms with E-state index in [9.17, 15) is 14.0 Å². The van der Waals surface area contributed by atoms with Crippen molar-refractivity contribution in [2.45, 2.75) is 19.9 Å². The summed E-state index contributed by atoms with van der Waals surface area (Å²) in [6.45, 7) is 3.35. The van der Waals surface area contributed by atoms with Crippen LogP contribution < -0.4 is 5.32 Å². The summed E-state index contributed by atoms with van der Waals surface area (Å²) in [7, 11) is 0. The molecule has 0 spiro atoms. The lowest BCUT2D eigenvalue weighted by atomic mass is 9.94. The van der Waals surface area contributed by atoms with Crippen molar-refractivity contribution >= 4 is 17.5 Å². The van der Waals surface area contributed by atoms with Crippen molar-refractivity contribution in [2.75, 3.05) is 11.9 Å². The summed E-state index contributed by atoms with van der Waals surface area (Å²) in [4.78, 5) is 25.7. The van der Waals surface area contributed by atoms with Gasteiger partial charge >= 0.3 is 0 Å². The number of benzene rings is 2. The highest BCUT2D eigenvalue weighted by atomic mass is 19.1. The smallest absolute Gasteiger partial charge is 0.244 e. The van der Waals surface area contributed by atoms with Crippen LogP contribution in [-0.2, 0) is 9.59 Å². The summed E-state index contributed by atoms with van der Waals surface area (Å²) in [5.41, 5.74) is 3.30. The summed E-state index contributed by atoms with van der Waals surface area (Å²) in [5.74, 6) is -0.783. The first-order chi connectivity index (χ1) is 11.0. The number of carbonyl (C=O) groups excluding carboxylic acids is 2. The second-order valence-corrected chi connectivity index (χ2v) is 5.74. The molecule has 3 rings (SSSR count). The Morgan fingerprint density at radius 3 is 2.57 bits per heavy atom. The standard InChI is InChI=1S/C18H17FN2O2/c1-11-3-8-16-15(9-11)18(13-4-6-14(19)7-5-13)21(12(2)22)10-17(23)20-16/h3-9,18H,10H2,1-2H3,(H,20,23)/t18-/m0/s1. The molecule has 2 amide bonds.